The fraction of sp³-hybridized carbons (Fsp3) is 0.167. The molecular weight excluding hydrogens is 262 g/mol. The molecule has 2 heterocycles. The van der Waals surface area contributed by atoms with Crippen molar-refractivity contribution in [2.45, 2.75) is 13.5 Å². The molecule has 0 fully saturated rings. The number of nitrogens with one attached hydrogen (secondary N) is 1. The monoisotopic (exact) mass is 275 g/mol. The quantitative estimate of drug-likeness (QED) is 0.321. The molecule has 1 amide bonds. The summed E-state index contributed by atoms with van der Waals surface area (Å²) in [5.41, 5.74) is 6.79. The first-order valence-corrected chi connectivity index (χ1v) is 5.74. The van der Waals surface area contributed by atoms with Crippen LogP contribution in [0.2, 0.25) is 0 Å². The number of nitrogens with zero attached hydrogens (tertiary/aromatic N) is 3. The van der Waals surface area contributed by atoms with Crippen LogP contribution in [0.15, 0.2) is 34.1 Å². The van der Waals surface area contributed by atoms with Gasteiger partial charge in [-0.15, -0.1) is 0 Å². The zero-order valence-corrected chi connectivity index (χ0v) is 10.7. The van der Waals surface area contributed by atoms with Gasteiger partial charge in [0.2, 0.25) is 0 Å². The lowest BCUT2D eigenvalue weighted by Crippen LogP contribution is -2.24. The molecule has 0 atom stereocenters. The third kappa shape index (κ3) is 3.10. The van der Waals surface area contributed by atoms with Crippen LogP contribution < -0.4 is 11.1 Å². The number of amides is 1. The average molecular weight is 275 g/mol. The van der Waals surface area contributed by atoms with Crippen molar-refractivity contribution in [3.8, 4) is 0 Å². The van der Waals surface area contributed by atoms with Gasteiger partial charge < -0.3 is 20.8 Å². The Morgan fingerprint density at radius 3 is 2.90 bits per heavy atom. The van der Waals surface area contributed by atoms with Crippen molar-refractivity contribution < 1.29 is 14.5 Å². The predicted molar refractivity (Wildman–Crippen MR) is 69.2 cm³/mol. The molecule has 2 rings (SSSR count). The lowest BCUT2D eigenvalue weighted by atomic mass is 10.2. The first kappa shape index (κ1) is 13.5. The SMILES string of the molecule is Cc1cc(CNC(=O)c2ccc(C(N)=NO)cn2)on1. The van der Waals surface area contributed by atoms with Gasteiger partial charge in [0.25, 0.3) is 5.91 Å². The summed E-state index contributed by atoms with van der Waals surface area (Å²) in [4.78, 5) is 15.8. The van der Waals surface area contributed by atoms with E-state index in [1.165, 1.54) is 18.3 Å². The number of amidine groups is 1. The predicted octanol–water partition coefficient (Wildman–Crippen LogP) is 0.403. The molecule has 2 aromatic rings. The highest BCUT2D eigenvalue weighted by Gasteiger charge is 2.09. The second kappa shape index (κ2) is 5.83. The molecule has 0 aliphatic heterocycles. The van der Waals surface area contributed by atoms with Crippen molar-refractivity contribution in [3.05, 3.63) is 47.1 Å². The average Bonchev–Trinajstić information content (AvgIpc) is 2.89. The molecule has 0 spiro atoms. The highest BCUT2D eigenvalue weighted by molar-refractivity contribution is 5.98. The summed E-state index contributed by atoms with van der Waals surface area (Å²) in [6.07, 6.45) is 1.35. The second-order valence-corrected chi connectivity index (χ2v) is 4.03. The Morgan fingerprint density at radius 2 is 2.35 bits per heavy atom. The number of aryl methyl sites for hydroxylation is 1. The van der Waals surface area contributed by atoms with E-state index in [-0.39, 0.29) is 24.0 Å². The maximum absolute atomic E-state index is 11.8. The number of carbonyl (C=O) groups excluding carboxylic acids is 1. The van der Waals surface area contributed by atoms with Crippen LogP contribution in [-0.2, 0) is 6.54 Å². The van der Waals surface area contributed by atoms with Crippen molar-refractivity contribution in [1.29, 1.82) is 0 Å². The molecular formula is C12H13N5O3. The molecule has 0 bridgehead atoms. The third-order valence-corrected chi connectivity index (χ3v) is 2.50. The molecule has 20 heavy (non-hydrogen) atoms. The summed E-state index contributed by atoms with van der Waals surface area (Å²) in [6.45, 7) is 2.02. The summed E-state index contributed by atoms with van der Waals surface area (Å²) < 4.78 is 4.97. The van der Waals surface area contributed by atoms with E-state index in [9.17, 15) is 4.79 Å². The van der Waals surface area contributed by atoms with Crippen LogP contribution in [0.5, 0.6) is 0 Å². The zero-order chi connectivity index (χ0) is 14.5. The number of rotatable bonds is 4. The van der Waals surface area contributed by atoms with Gasteiger partial charge in [-0.3, -0.25) is 9.78 Å². The van der Waals surface area contributed by atoms with Gasteiger partial charge in [-0.25, -0.2) is 0 Å². The molecule has 0 unspecified atom stereocenters. The number of oxime groups is 1. The van der Waals surface area contributed by atoms with E-state index >= 15 is 0 Å². The lowest BCUT2D eigenvalue weighted by Gasteiger charge is -2.03. The standard InChI is InChI=1S/C12H13N5O3/c1-7-4-9(20-17-7)6-15-12(18)10-3-2-8(5-14-10)11(13)16-19/h2-5,19H,6H2,1H3,(H2,13,16)(H,15,18). The van der Waals surface area contributed by atoms with Gasteiger partial charge in [-0.1, -0.05) is 10.3 Å². The Hall–Kier alpha value is -2.90. The van der Waals surface area contributed by atoms with Gasteiger partial charge in [0.1, 0.15) is 5.69 Å². The topological polar surface area (TPSA) is 127 Å². The van der Waals surface area contributed by atoms with E-state index in [4.69, 9.17) is 15.5 Å². The first-order chi connectivity index (χ1) is 9.60. The molecule has 0 aliphatic carbocycles. The Kier molecular flexibility index (Phi) is 3.94. The molecule has 4 N–H and O–H groups in total. The van der Waals surface area contributed by atoms with Gasteiger partial charge in [0, 0.05) is 17.8 Å². The van der Waals surface area contributed by atoms with Gasteiger partial charge in [-0.2, -0.15) is 0 Å². The molecule has 8 nitrogen and oxygen atoms in total. The van der Waals surface area contributed by atoms with Gasteiger partial charge in [-0.05, 0) is 19.1 Å². The molecule has 2 aromatic heterocycles. The molecule has 0 aromatic carbocycles. The van der Waals surface area contributed by atoms with E-state index in [1.54, 1.807) is 13.0 Å². The number of aromatic nitrogens is 2. The number of nitrogens with two attached hydrogens (primary N) is 1. The molecule has 0 saturated carbocycles. The number of hydrogen-bond acceptors (Lipinski definition) is 6. The van der Waals surface area contributed by atoms with Crippen LogP contribution in [0.3, 0.4) is 0 Å². The molecule has 8 heteroatoms. The summed E-state index contributed by atoms with van der Waals surface area (Å²) in [5.74, 6) is 0.135. The van der Waals surface area contributed by atoms with E-state index in [1.807, 2.05) is 0 Å². The van der Waals surface area contributed by atoms with Crippen LogP contribution in [-0.4, -0.2) is 27.1 Å². The van der Waals surface area contributed by atoms with Crippen molar-refractivity contribution in [1.82, 2.24) is 15.5 Å². The van der Waals surface area contributed by atoms with Crippen molar-refractivity contribution in [2.75, 3.05) is 0 Å². The Labute approximate surface area is 114 Å². The van der Waals surface area contributed by atoms with Crippen molar-refractivity contribution >= 4 is 11.7 Å². The first-order valence-electron chi connectivity index (χ1n) is 5.74. The summed E-state index contributed by atoms with van der Waals surface area (Å²) in [6, 6.07) is 4.75. The fourth-order valence-corrected chi connectivity index (χ4v) is 1.50. The Morgan fingerprint density at radius 1 is 1.55 bits per heavy atom. The number of hydrogen-bond donors (Lipinski definition) is 3. The largest absolute Gasteiger partial charge is 0.409 e. The summed E-state index contributed by atoms with van der Waals surface area (Å²) in [5, 5.41) is 17.7. The zero-order valence-electron chi connectivity index (χ0n) is 10.7. The van der Waals surface area contributed by atoms with E-state index < -0.39 is 0 Å². The van der Waals surface area contributed by atoms with Crippen molar-refractivity contribution in [3.63, 3.8) is 0 Å². The minimum absolute atomic E-state index is 0.0680. The summed E-state index contributed by atoms with van der Waals surface area (Å²) in [7, 11) is 0. The smallest absolute Gasteiger partial charge is 0.270 e. The van der Waals surface area contributed by atoms with Crippen LogP contribution in [0, 0.1) is 6.92 Å². The van der Waals surface area contributed by atoms with E-state index in [2.05, 4.69) is 20.6 Å². The molecule has 0 aliphatic rings. The number of carbonyl (C=O) groups is 1. The fourth-order valence-electron chi connectivity index (χ4n) is 1.50. The van der Waals surface area contributed by atoms with Crippen molar-refractivity contribution in [2.24, 2.45) is 10.9 Å². The van der Waals surface area contributed by atoms with Gasteiger partial charge in [0.15, 0.2) is 11.6 Å². The van der Waals surface area contributed by atoms with Crippen LogP contribution in [0.4, 0.5) is 0 Å². The van der Waals surface area contributed by atoms with E-state index in [0.29, 0.717) is 11.3 Å². The van der Waals surface area contributed by atoms with Gasteiger partial charge in [0.05, 0.1) is 12.2 Å². The van der Waals surface area contributed by atoms with Crippen LogP contribution >= 0.6 is 0 Å². The number of pyridine rings is 1. The van der Waals surface area contributed by atoms with Gasteiger partial charge >= 0.3 is 0 Å². The maximum atomic E-state index is 11.8. The third-order valence-electron chi connectivity index (χ3n) is 2.50. The summed E-state index contributed by atoms with van der Waals surface area (Å²) >= 11 is 0. The van der Waals surface area contributed by atoms with Crippen LogP contribution in [0.25, 0.3) is 0 Å². The molecule has 0 radical (unpaired) electrons. The Balaban J connectivity index is 1.99. The van der Waals surface area contributed by atoms with Crippen LogP contribution in [0.1, 0.15) is 27.5 Å². The normalized spacial score (nSPS) is 11.3. The maximum Gasteiger partial charge on any atom is 0.270 e. The minimum atomic E-state index is -0.356. The second-order valence-electron chi connectivity index (χ2n) is 4.03. The Bertz CT molecular complexity index is 633. The highest BCUT2D eigenvalue weighted by Crippen LogP contribution is 2.03. The minimum Gasteiger partial charge on any atom is -0.409 e. The molecule has 104 valence electrons. The van der Waals surface area contributed by atoms with E-state index in [0.717, 1.165) is 5.69 Å². The molecule has 0 saturated heterocycles. The highest BCUT2D eigenvalue weighted by atomic mass is 16.5. The lowest BCUT2D eigenvalue weighted by molar-refractivity contribution is 0.0942.